The lowest BCUT2D eigenvalue weighted by atomic mass is 9.94. The molecule has 0 unspecified atom stereocenters. The molecule has 19 aromatic rings. The molecule has 82 heavy (non-hydrogen) atoms. The van der Waals surface area contributed by atoms with Gasteiger partial charge in [0.25, 0.3) is 0 Å². The molecule has 6 heterocycles. The third kappa shape index (κ3) is 5.79. The molecule has 0 spiro atoms. The van der Waals surface area contributed by atoms with E-state index in [0.29, 0.717) is 0 Å². The molecule has 378 valence electrons. The van der Waals surface area contributed by atoms with Crippen molar-refractivity contribution in [2.45, 2.75) is 0 Å². The first-order valence-electron chi connectivity index (χ1n) is 28.4. The van der Waals surface area contributed by atoms with Gasteiger partial charge in [-0.15, -0.1) is 0 Å². The summed E-state index contributed by atoms with van der Waals surface area (Å²) in [5, 5.41) is 15.2. The molecule has 0 fully saturated rings. The molecule has 19 rings (SSSR count). The molecule has 0 aliphatic rings. The van der Waals surface area contributed by atoms with Gasteiger partial charge >= 0.3 is 0 Å². The van der Waals surface area contributed by atoms with Gasteiger partial charge in [-0.2, -0.15) is 0 Å². The summed E-state index contributed by atoms with van der Waals surface area (Å²) < 4.78 is 10.2. The summed E-state index contributed by atoms with van der Waals surface area (Å²) in [6.07, 6.45) is 0. The number of para-hydroxylation sites is 6. The standard InChI is InChI=1S/C78H46N4/c1-3-19-47(20-4-1)49-37-41-69-61(43-49)75-73-59-39-35-52(54-24-8-14-30-64(54)80-67-33-17-11-27-57(67)58-28-12-18-34-68(58)80)46-72(59)82-70-42-38-50(48-21-5-2-6-22-48)44-62(70)76(78(73)82)74-60-40-36-51(45-71(60)81(69)77(74)75)53-23-7-13-29-63(53)79-65-31-15-9-25-55(65)56-26-10-16-32-66(56)79/h1-46H. The van der Waals surface area contributed by atoms with E-state index in [2.05, 4.69) is 297 Å². The quantitative estimate of drug-likeness (QED) is 0.158. The lowest BCUT2D eigenvalue weighted by Crippen LogP contribution is -1.97. The maximum absolute atomic E-state index is 2.62. The van der Waals surface area contributed by atoms with Crippen LogP contribution in [0.2, 0.25) is 0 Å². The van der Waals surface area contributed by atoms with Crippen LogP contribution in [-0.2, 0) is 0 Å². The van der Waals surface area contributed by atoms with Crippen LogP contribution in [0.15, 0.2) is 279 Å². The Morgan fingerprint density at radius 1 is 0.183 bits per heavy atom. The number of aromatic nitrogens is 4. The highest BCUT2D eigenvalue weighted by Gasteiger charge is 2.30. The van der Waals surface area contributed by atoms with Crippen molar-refractivity contribution in [2.75, 3.05) is 0 Å². The minimum Gasteiger partial charge on any atom is -0.309 e. The Labute approximate surface area is 470 Å². The van der Waals surface area contributed by atoms with E-state index in [-0.39, 0.29) is 0 Å². The van der Waals surface area contributed by atoms with Crippen LogP contribution in [0.25, 0.3) is 176 Å². The van der Waals surface area contributed by atoms with E-state index < -0.39 is 0 Å². The van der Waals surface area contributed by atoms with Crippen molar-refractivity contribution < 1.29 is 0 Å². The van der Waals surface area contributed by atoms with E-state index in [1.165, 1.54) is 164 Å². The second-order valence-electron chi connectivity index (χ2n) is 22.3. The molecular formula is C78H46N4. The Hall–Kier alpha value is -10.9. The molecule has 6 aromatic heterocycles. The number of nitrogens with zero attached hydrogens (tertiary/aromatic N) is 4. The van der Waals surface area contributed by atoms with Crippen LogP contribution in [0, 0.1) is 0 Å². The van der Waals surface area contributed by atoms with Gasteiger partial charge in [0.05, 0.1) is 66.5 Å². The van der Waals surface area contributed by atoms with E-state index in [9.17, 15) is 0 Å². The zero-order valence-corrected chi connectivity index (χ0v) is 44.3. The zero-order valence-electron chi connectivity index (χ0n) is 44.3. The molecule has 0 bridgehead atoms. The van der Waals surface area contributed by atoms with Gasteiger partial charge in [0.15, 0.2) is 0 Å². The highest BCUT2D eigenvalue weighted by atomic mass is 15.0. The smallest absolute Gasteiger partial charge is 0.0634 e. The van der Waals surface area contributed by atoms with E-state index in [0.717, 1.165) is 11.4 Å². The van der Waals surface area contributed by atoms with Crippen molar-refractivity contribution in [2.24, 2.45) is 0 Å². The Morgan fingerprint density at radius 3 is 0.915 bits per heavy atom. The molecular weight excluding hydrogens is 993 g/mol. The molecule has 0 N–H and O–H groups in total. The fraction of sp³-hybridized carbons (Fsp3) is 0. The van der Waals surface area contributed by atoms with Gasteiger partial charge in [-0.3, -0.25) is 0 Å². The lowest BCUT2D eigenvalue weighted by molar-refractivity contribution is 1.18. The lowest BCUT2D eigenvalue weighted by Gasteiger charge is -2.14. The topological polar surface area (TPSA) is 18.7 Å². The molecule has 0 aliphatic carbocycles. The van der Waals surface area contributed by atoms with Gasteiger partial charge in [0, 0.05) is 75.8 Å². The summed E-state index contributed by atoms with van der Waals surface area (Å²) in [7, 11) is 0. The summed E-state index contributed by atoms with van der Waals surface area (Å²) in [4.78, 5) is 0. The Kier molecular flexibility index (Phi) is 8.76. The fourth-order valence-electron chi connectivity index (χ4n) is 14.8. The maximum Gasteiger partial charge on any atom is 0.0634 e. The average molecular weight is 1040 g/mol. The first kappa shape index (κ1) is 44.0. The third-order valence-electron chi connectivity index (χ3n) is 18.2. The average Bonchev–Trinajstić information content (AvgIpc) is 2.09. The minimum absolute atomic E-state index is 1.16. The van der Waals surface area contributed by atoms with Crippen LogP contribution in [0.1, 0.15) is 0 Å². The largest absolute Gasteiger partial charge is 0.309 e. The molecule has 0 radical (unpaired) electrons. The van der Waals surface area contributed by atoms with Crippen molar-refractivity contribution >= 4 is 120 Å². The maximum atomic E-state index is 2.62. The van der Waals surface area contributed by atoms with Gasteiger partial charge in [-0.25, -0.2) is 0 Å². The zero-order chi connectivity index (χ0) is 53.3. The number of benzene rings is 13. The molecule has 0 saturated carbocycles. The SMILES string of the molecule is c1ccc(-c2ccc3c(c2)c2c4c5ccc(-c6ccccc6-n6c7ccccc7c7ccccc76)cc5n5c6ccc(-c7ccccc7)cc6c(c6c7ccc(-c8ccccc8-n8c9ccccc9c9ccccc98)cc7n3c26)c45)cc1. The van der Waals surface area contributed by atoms with Crippen molar-refractivity contribution in [1.82, 2.24) is 17.9 Å². The summed E-state index contributed by atoms with van der Waals surface area (Å²) >= 11 is 0. The molecule has 13 aromatic carbocycles. The number of hydrogen-bond acceptors (Lipinski definition) is 0. The first-order chi connectivity index (χ1) is 40.7. The van der Waals surface area contributed by atoms with Crippen LogP contribution in [0.5, 0.6) is 0 Å². The summed E-state index contributed by atoms with van der Waals surface area (Å²) in [5.74, 6) is 0. The van der Waals surface area contributed by atoms with E-state index in [4.69, 9.17) is 0 Å². The van der Waals surface area contributed by atoms with Crippen LogP contribution >= 0.6 is 0 Å². The van der Waals surface area contributed by atoms with Crippen molar-refractivity contribution in [3.05, 3.63) is 279 Å². The molecule has 0 saturated heterocycles. The Morgan fingerprint density at radius 2 is 0.512 bits per heavy atom. The van der Waals surface area contributed by atoms with E-state index >= 15 is 0 Å². The first-order valence-corrected chi connectivity index (χ1v) is 28.4. The van der Waals surface area contributed by atoms with Gasteiger partial charge in [-0.05, 0) is 106 Å². The summed E-state index contributed by atoms with van der Waals surface area (Å²) in [6, 6.07) is 104. The molecule has 0 amide bonds. The fourth-order valence-corrected chi connectivity index (χ4v) is 14.8. The van der Waals surface area contributed by atoms with Crippen LogP contribution in [0.3, 0.4) is 0 Å². The van der Waals surface area contributed by atoms with Crippen LogP contribution in [0.4, 0.5) is 0 Å². The highest BCUT2D eigenvalue weighted by molar-refractivity contribution is 6.45. The normalized spacial score (nSPS) is 12.4. The summed E-state index contributed by atoms with van der Waals surface area (Å²) in [6.45, 7) is 0. The number of hydrogen-bond donors (Lipinski definition) is 0. The van der Waals surface area contributed by atoms with Crippen molar-refractivity contribution in [3.8, 4) is 55.9 Å². The summed E-state index contributed by atoms with van der Waals surface area (Å²) in [5.41, 5.74) is 24.0. The van der Waals surface area contributed by atoms with E-state index in [1.807, 2.05) is 0 Å². The predicted molar refractivity (Wildman–Crippen MR) is 346 cm³/mol. The van der Waals surface area contributed by atoms with Gasteiger partial charge < -0.3 is 17.9 Å². The van der Waals surface area contributed by atoms with Crippen molar-refractivity contribution in [3.63, 3.8) is 0 Å². The minimum atomic E-state index is 1.16. The molecule has 4 nitrogen and oxygen atoms in total. The predicted octanol–water partition coefficient (Wildman–Crippen LogP) is 20.8. The van der Waals surface area contributed by atoms with Crippen molar-refractivity contribution in [1.29, 1.82) is 0 Å². The monoisotopic (exact) mass is 1040 g/mol. The third-order valence-corrected chi connectivity index (χ3v) is 18.2. The van der Waals surface area contributed by atoms with Gasteiger partial charge in [0.2, 0.25) is 0 Å². The van der Waals surface area contributed by atoms with Crippen LogP contribution < -0.4 is 0 Å². The molecule has 4 heteroatoms. The number of rotatable bonds is 6. The second-order valence-corrected chi connectivity index (χ2v) is 22.3. The Bertz CT molecular complexity index is 5400. The molecule has 0 atom stereocenters. The van der Waals surface area contributed by atoms with Gasteiger partial charge in [-0.1, -0.05) is 206 Å². The van der Waals surface area contributed by atoms with Crippen LogP contribution in [-0.4, -0.2) is 17.9 Å². The number of fused-ring (bicyclic) bond motifs is 20. The van der Waals surface area contributed by atoms with Gasteiger partial charge in [0.1, 0.15) is 0 Å². The second kappa shape index (κ2) is 16.3. The van der Waals surface area contributed by atoms with E-state index in [1.54, 1.807) is 0 Å². The molecule has 0 aliphatic heterocycles. The Balaban J connectivity index is 0.942. The highest BCUT2D eigenvalue weighted by Crippen LogP contribution is 2.54.